The molecule has 37 heavy (non-hydrogen) atoms. The molecule has 1 aliphatic rings. The maximum Gasteiger partial charge on any atom is 0.432 e. The third kappa shape index (κ3) is 5.98. The van der Waals surface area contributed by atoms with E-state index in [1.54, 1.807) is 0 Å². The van der Waals surface area contributed by atoms with E-state index in [0.717, 1.165) is 48.9 Å². The number of halogens is 7. The Balaban J connectivity index is 1.54. The second-order valence-electron chi connectivity index (χ2n) is 8.73. The summed E-state index contributed by atoms with van der Waals surface area (Å²) in [6, 6.07) is 6.82. The second kappa shape index (κ2) is 11.0. The van der Waals surface area contributed by atoms with Crippen molar-refractivity contribution in [2.24, 2.45) is 5.92 Å². The minimum Gasteiger partial charge on any atom is -0.429 e. The van der Waals surface area contributed by atoms with Crippen molar-refractivity contribution in [2.45, 2.75) is 32.3 Å². The summed E-state index contributed by atoms with van der Waals surface area (Å²) in [7, 11) is 0. The van der Waals surface area contributed by atoms with Crippen molar-refractivity contribution in [1.29, 1.82) is 0 Å². The minimum absolute atomic E-state index is 0.0383. The summed E-state index contributed by atoms with van der Waals surface area (Å²) in [5.41, 5.74) is -1.04. The zero-order valence-corrected chi connectivity index (χ0v) is 19.8. The van der Waals surface area contributed by atoms with Crippen LogP contribution >= 0.6 is 0 Å². The van der Waals surface area contributed by atoms with Gasteiger partial charge in [-0.3, -0.25) is 0 Å². The molecule has 3 aromatic rings. The SMILES string of the molecule is CCOCC1CC=C(c2cc(F)c(C(F)(F)Oc3ccc(-c4ccc(F)c(F)c4)c(F)c3)c(F)c2)CC1. The molecule has 1 unspecified atom stereocenters. The van der Waals surface area contributed by atoms with Crippen LogP contribution in [0.3, 0.4) is 0 Å². The standard InChI is InChI=1S/C28H23F7O2/c1-2-36-15-16-3-5-17(6-4-16)19-12-25(32)27(26(33)13-19)28(34,35)37-20-8-9-21(23(30)14-20)18-7-10-22(29)24(31)11-18/h5,7-14,16H,2-4,6,15H2,1H3. The maximum atomic E-state index is 14.8. The van der Waals surface area contributed by atoms with Crippen molar-refractivity contribution >= 4 is 5.57 Å². The van der Waals surface area contributed by atoms with E-state index >= 15 is 0 Å². The first-order chi connectivity index (χ1) is 17.6. The summed E-state index contributed by atoms with van der Waals surface area (Å²) < 4.78 is 110. The van der Waals surface area contributed by atoms with E-state index < -0.39 is 46.5 Å². The van der Waals surface area contributed by atoms with E-state index in [1.807, 2.05) is 13.0 Å². The number of hydrogen-bond donors (Lipinski definition) is 0. The molecule has 3 aromatic carbocycles. The quantitative estimate of drug-likeness (QED) is 0.276. The molecular weight excluding hydrogens is 501 g/mol. The topological polar surface area (TPSA) is 18.5 Å². The lowest BCUT2D eigenvalue weighted by Crippen LogP contribution is -2.25. The average molecular weight is 524 g/mol. The van der Waals surface area contributed by atoms with E-state index in [9.17, 15) is 30.7 Å². The molecule has 0 saturated heterocycles. The second-order valence-corrected chi connectivity index (χ2v) is 8.73. The summed E-state index contributed by atoms with van der Waals surface area (Å²) in [5, 5.41) is 0. The highest BCUT2D eigenvalue weighted by molar-refractivity contribution is 5.67. The highest BCUT2D eigenvalue weighted by Crippen LogP contribution is 2.39. The lowest BCUT2D eigenvalue weighted by Gasteiger charge is -2.23. The highest BCUT2D eigenvalue weighted by atomic mass is 19.3. The third-order valence-corrected chi connectivity index (χ3v) is 6.20. The van der Waals surface area contributed by atoms with E-state index in [1.165, 1.54) is 0 Å². The van der Waals surface area contributed by atoms with Crippen molar-refractivity contribution in [3.05, 3.63) is 94.8 Å². The fourth-order valence-electron chi connectivity index (χ4n) is 4.28. The van der Waals surface area contributed by atoms with Crippen LogP contribution in [0.4, 0.5) is 30.7 Å². The van der Waals surface area contributed by atoms with Crippen LogP contribution in [0, 0.1) is 35.0 Å². The Bertz CT molecular complexity index is 1300. The number of allylic oxidation sites excluding steroid dienone is 2. The lowest BCUT2D eigenvalue weighted by molar-refractivity contribution is -0.189. The molecule has 0 bridgehead atoms. The van der Waals surface area contributed by atoms with Gasteiger partial charge >= 0.3 is 6.11 Å². The summed E-state index contributed by atoms with van der Waals surface area (Å²) >= 11 is 0. The Labute approximate surface area is 209 Å². The number of benzene rings is 3. The predicted molar refractivity (Wildman–Crippen MR) is 124 cm³/mol. The van der Waals surface area contributed by atoms with Gasteiger partial charge in [0.05, 0.1) is 0 Å². The van der Waals surface area contributed by atoms with E-state index in [2.05, 4.69) is 4.74 Å². The van der Waals surface area contributed by atoms with Crippen LogP contribution in [0.5, 0.6) is 5.75 Å². The Morgan fingerprint density at radius 2 is 1.51 bits per heavy atom. The molecule has 9 heteroatoms. The van der Waals surface area contributed by atoms with E-state index in [-0.39, 0.29) is 22.6 Å². The normalized spacial score (nSPS) is 16.0. The van der Waals surface area contributed by atoms with Gasteiger partial charge in [0.15, 0.2) is 11.6 Å². The molecule has 0 heterocycles. The highest BCUT2D eigenvalue weighted by Gasteiger charge is 2.41. The molecule has 0 N–H and O–H groups in total. The van der Waals surface area contributed by atoms with Crippen LogP contribution in [0.25, 0.3) is 16.7 Å². The Hall–Kier alpha value is -3.33. The number of ether oxygens (including phenoxy) is 2. The van der Waals surface area contributed by atoms with Crippen molar-refractivity contribution in [3.8, 4) is 16.9 Å². The van der Waals surface area contributed by atoms with Crippen molar-refractivity contribution in [2.75, 3.05) is 13.2 Å². The fraction of sp³-hybridized carbons (Fsp3) is 0.286. The number of hydrogen-bond acceptors (Lipinski definition) is 2. The monoisotopic (exact) mass is 524 g/mol. The molecule has 1 aliphatic carbocycles. The molecule has 2 nitrogen and oxygen atoms in total. The Morgan fingerprint density at radius 1 is 0.811 bits per heavy atom. The van der Waals surface area contributed by atoms with Crippen molar-refractivity contribution in [3.63, 3.8) is 0 Å². The zero-order chi connectivity index (χ0) is 26.7. The van der Waals surface area contributed by atoms with E-state index in [0.29, 0.717) is 37.7 Å². The van der Waals surface area contributed by atoms with Gasteiger partial charge in [-0.25, -0.2) is 22.0 Å². The molecule has 0 amide bonds. The fourth-order valence-corrected chi connectivity index (χ4v) is 4.28. The average Bonchev–Trinajstić information content (AvgIpc) is 2.84. The Kier molecular flexibility index (Phi) is 7.92. The van der Waals surface area contributed by atoms with Crippen molar-refractivity contribution < 1.29 is 40.2 Å². The first-order valence-electron chi connectivity index (χ1n) is 11.7. The zero-order valence-electron chi connectivity index (χ0n) is 19.8. The molecular formula is C28H23F7O2. The molecule has 0 aliphatic heterocycles. The van der Waals surface area contributed by atoms with Gasteiger partial charge in [0.2, 0.25) is 0 Å². The van der Waals surface area contributed by atoms with Gasteiger partial charge in [-0.2, -0.15) is 8.78 Å². The van der Waals surface area contributed by atoms with Crippen LogP contribution in [-0.2, 0) is 10.8 Å². The predicted octanol–water partition coefficient (Wildman–Crippen LogP) is 8.40. The summed E-state index contributed by atoms with van der Waals surface area (Å²) in [6.07, 6.45) is -0.737. The van der Waals surface area contributed by atoms with Crippen LogP contribution < -0.4 is 4.74 Å². The Morgan fingerprint density at radius 3 is 2.11 bits per heavy atom. The van der Waals surface area contributed by atoms with Crippen LogP contribution in [-0.4, -0.2) is 13.2 Å². The summed E-state index contributed by atoms with van der Waals surface area (Å²) in [5.74, 6) is -6.87. The van der Waals surface area contributed by atoms with Crippen LogP contribution in [0.2, 0.25) is 0 Å². The molecule has 0 fully saturated rings. The van der Waals surface area contributed by atoms with Gasteiger partial charge in [-0.1, -0.05) is 12.1 Å². The lowest BCUT2D eigenvalue weighted by atomic mass is 9.86. The molecule has 4 rings (SSSR count). The summed E-state index contributed by atoms with van der Waals surface area (Å²) in [4.78, 5) is 0. The smallest absolute Gasteiger partial charge is 0.429 e. The van der Waals surface area contributed by atoms with Gasteiger partial charge in [-0.05, 0) is 85.2 Å². The van der Waals surface area contributed by atoms with Crippen molar-refractivity contribution in [1.82, 2.24) is 0 Å². The van der Waals surface area contributed by atoms with Crippen LogP contribution in [0.15, 0.2) is 54.6 Å². The van der Waals surface area contributed by atoms with E-state index in [4.69, 9.17) is 4.74 Å². The molecule has 0 aromatic heterocycles. The van der Waals surface area contributed by atoms with Gasteiger partial charge < -0.3 is 9.47 Å². The molecule has 196 valence electrons. The maximum absolute atomic E-state index is 14.8. The van der Waals surface area contributed by atoms with Gasteiger partial charge in [0.25, 0.3) is 0 Å². The molecule has 0 saturated carbocycles. The molecule has 0 radical (unpaired) electrons. The van der Waals surface area contributed by atoms with Gasteiger partial charge in [0.1, 0.15) is 28.8 Å². The largest absolute Gasteiger partial charge is 0.432 e. The third-order valence-electron chi connectivity index (χ3n) is 6.20. The first kappa shape index (κ1) is 26.7. The van der Waals surface area contributed by atoms with Gasteiger partial charge in [0, 0.05) is 24.8 Å². The van der Waals surface area contributed by atoms with Crippen LogP contribution in [0.1, 0.15) is 37.3 Å². The van der Waals surface area contributed by atoms with Gasteiger partial charge in [-0.15, -0.1) is 0 Å². The molecule has 1 atom stereocenters. The number of rotatable bonds is 8. The summed E-state index contributed by atoms with van der Waals surface area (Å²) in [6.45, 7) is 3.05. The molecule has 0 spiro atoms. The first-order valence-corrected chi connectivity index (χ1v) is 11.7. The minimum atomic E-state index is -4.47. The number of alkyl halides is 2.